The lowest BCUT2D eigenvalue weighted by atomic mass is 10.1. The highest BCUT2D eigenvalue weighted by Crippen LogP contribution is 2.17. The normalized spacial score (nSPS) is 10.3. The van der Waals surface area contributed by atoms with E-state index >= 15 is 0 Å². The van der Waals surface area contributed by atoms with E-state index in [1.165, 1.54) is 12.3 Å². The quantitative estimate of drug-likeness (QED) is 0.673. The lowest BCUT2D eigenvalue weighted by Crippen LogP contribution is -2.28. The zero-order valence-electron chi connectivity index (χ0n) is 16.5. The van der Waals surface area contributed by atoms with E-state index in [1.54, 1.807) is 25.1 Å². The highest BCUT2D eigenvalue weighted by atomic mass is 16.5. The van der Waals surface area contributed by atoms with Gasteiger partial charge in [-0.3, -0.25) is 14.6 Å². The van der Waals surface area contributed by atoms with Crippen LogP contribution in [0.4, 0.5) is 0 Å². The summed E-state index contributed by atoms with van der Waals surface area (Å²) >= 11 is 0. The third-order valence-corrected chi connectivity index (χ3v) is 4.48. The maximum atomic E-state index is 12.7. The second kappa shape index (κ2) is 9.50. The summed E-state index contributed by atoms with van der Waals surface area (Å²) in [7, 11) is 3.30. The number of pyridine rings is 1. The van der Waals surface area contributed by atoms with Crippen molar-refractivity contribution in [3.63, 3.8) is 0 Å². The highest BCUT2D eigenvalue weighted by Gasteiger charge is 2.16. The number of rotatable bonds is 7. The van der Waals surface area contributed by atoms with Gasteiger partial charge in [0.05, 0.1) is 7.11 Å². The van der Waals surface area contributed by atoms with E-state index in [-0.39, 0.29) is 17.5 Å². The molecule has 0 aliphatic heterocycles. The standard InChI is InChI=1S/C23H23N3O3/c1-26(16-17-8-4-3-5-9-17)23(28)20-14-18(12-13-24-20)22(27)25-15-19-10-6-7-11-21(19)29-2/h3-14H,15-16H2,1-2H3,(H,25,27). The number of carbonyl (C=O) groups excluding carboxylic acids is 2. The summed E-state index contributed by atoms with van der Waals surface area (Å²) in [5.41, 5.74) is 2.50. The zero-order chi connectivity index (χ0) is 20.6. The molecule has 0 radical (unpaired) electrons. The van der Waals surface area contributed by atoms with Gasteiger partial charge in [-0.25, -0.2) is 0 Å². The van der Waals surface area contributed by atoms with Gasteiger partial charge in [0, 0.05) is 37.5 Å². The van der Waals surface area contributed by atoms with Crippen LogP contribution in [0.2, 0.25) is 0 Å². The molecule has 1 aromatic heterocycles. The Balaban J connectivity index is 1.66. The van der Waals surface area contributed by atoms with Crippen LogP contribution >= 0.6 is 0 Å². The fourth-order valence-corrected chi connectivity index (χ4v) is 2.94. The van der Waals surface area contributed by atoms with Crippen molar-refractivity contribution in [3.05, 3.63) is 95.3 Å². The molecule has 6 heteroatoms. The first-order valence-corrected chi connectivity index (χ1v) is 9.24. The lowest BCUT2D eigenvalue weighted by Gasteiger charge is -2.17. The van der Waals surface area contributed by atoms with Crippen molar-refractivity contribution in [1.29, 1.82) is 0 Å². The maximum Gasteiger partial charge on any atom is 0.272 e. The van der Waals surface area contributed by atoms with Crippen LogP contribution in [0.1, 0.15) is 32.0 Å². The van der Waals surface area contributed by atoms with E-state index in [9.17, 15) is 9.59 Å². The Morgan fingerprint density at radius 2 is 1.76 bits per heavy atom. The Labute approximate surface area is 170 Å². The maximum absolute atomic E-state index is 12.7. The van der Waals surface area contributed by atoms with Crippen LogP contribution in [0.3, 0.4) is 0 Å². The molecule has 1 heterocycles. The molecule has 0 fully saturated rings. The minimum atomic E-state index is -0.280. The third-order valence-electron chi connectivity index (χ3n) is 4.48. The molecule has 2 amide bonds. The van der Waals surface area contributed by atoms with Crippen LogP contribution in [0.5, 0.6) is 5.75 Å². The van der Waals surface area contributed by atoms with Gasteiger partial charge in [0.25, 0.3) is 11.8 Å². The smallest absolute Gasteiger partial charge is 0.272 e. The van der Waals surface area contributed by atoms with Gasteiger partial charge in [-0.05, 0) is 23.8 Å². The summed E-state index contributed by atoms with van der Waals surface area (Å²) < 4.78 is 5.30. The molecule has 0 bridgehead atoms. The van der Waals surface area contributed by atoms with Crippen LogP contribution in [0, 0.1) is 0 Å². The molecule has 3 rings (SSSR count). The molecular formula is C23H23N3O3. The number of aromatic nitrogens is 1. The van der Waals surface area contributed by atoms with Gasteiger partial charge in [-0.15, -0.1) is 0 Å². The van der Waals surface area contributed by atoms with E-state index in [1.807, 2.05) is 54.6 Å². The largest absolute Gasteiger partial charge is 0.496 e. The molecule has 29 heavy (non-hydrogen) atoms. The number of ether oxygens (including phenoxy) is 1. The van der Waals surface area contributed by atoms with E-state index in [0.717, 1.165) is 11.1 Å². The van der Waals surface area contributed by atoms with E-state index in [4.69, 9.17) is 4.74 Å². The summed E-state index contributed by atoms with van der Waals surface area (Å²) in [6.45, 7) is 0.786. The molecule has 0 saturated carbocycles. The Bertz CT molecular complexity index is 989. The molecule has 2 aromatic carbocycles. The number of para-hydroxylation sites is 1. The second-order valence-electron chi connectivity index (χ2n) is 6.57. The predicted molar refractivity (Wildman–Crippen MR) is 111 cm³/mol. The first-order valence-electron chi connectivity index (χ1n) is 9.24. The van der Waals surface area contributed by atoms with Crippen LogP contribution in [-0.4, -0.2) is 35.9 Å². The van der Waals surface area contributed by atoms with Crippen molar-refractivity contribution >= 4 is 11.8 Å². The SMILES string of the molecule is COc1ccccc1CNC(=O)c1ccnc(C(=O)N(C)Cc2ccccc2)c1. The number of carbonyl (C=O) groups is 2. The number of benzene rings is 2. The van der Waals surface area contributed by atoms with Gasteiger partial charge >= 0.3 is 0 Å². The zero-order valence-corrected chi connectivity index (χ0v) is 16.5. The first kappa shape index (κ1) is 20.1. The topological polar surface area (TPSA) is 71.5 Å². The minimum absolute atomic E-state index is 0.230. The van der Waals surface area contributed by atoms with Crippen LogP contribution in [0.15, 0.2) is 72.9 Å². The summed E-state index contributed by atoms with van der Waals surface area (Å²) in [6.07, 6.45) is 1.47. The number of amides is 2. The minimum Gasteiger partial charge on any atom is -0.496 e. The predicted octanol–water partition coefficient (Wildman–Crippen LogP) is 3.29. The lowest BCUT2D eigenvalue weighted by molar-refractivity contribution is 0.0779. The van der Waals surface area contributed by atoms with Gasteiger partial charge < -0.3 is 15.0 Å². The molecule has 0 aliphatic carbocycles. The van der Waals surface area contributed by atoms with E-state index in [2.05, 4.69) is 10.3 Å². The van der Waals surface area contributed by atoms with Gasteiger partial charge in [-0.1, -0.05) is 48.5 Å². The number of hydrogen-bond donors (Lipinski definition) is 1. The molecular weight excluding hydrogens is 366 g/mol. The molecule has 1 N–H and O–H groups in total. The molecule has 3 aromatic rings. The summed E-state index contributed by atoms with van der Waals surface area (Å²) in [4.78, 5) is 31.0. The Hall–Kier alpha value is -3.67. The van der Waals surface area contributed by atoms with E-state index in [0.29, 0.717) is 24.4 Å². The second-order valence-corrected chi connectivity index (χ2v) is 6.57. The van der Waals surface area contributed by atoms with Crippen molar-refractivity contribution in [2.75, 3.05) is 14.2 Å². The number of nitrogens with one attached hydrogen (secondary N) is 1. The van der Waals surface area contributed by atoms with E-state index < -0.39 is 0 Å². The molecule has 0 saturated heterocycles. The third kappa shape index (κ3) is 5.19. The van der Waals surface area contributed by atoms with Gasteiger partial charge in [0.15, 0.2) is 0 Å². The average Bonchev–Trinajstić information content (AvgIpc) is 2.77. The molecule has 148 valence electrons. The van der Waals surface area contributed by atoms with Gasteiger partial charge in [-0.2, -0.15) is 0 Å². The van der Waals surface area contributed by atoms with Crippen molar-refractivity contribution in [1.82, 2.24) is 15.2 Å². The summed E-state index contributed by atoms with van der Waals surface area (Å²) in [5.74, 6) is 0.187. The molecule has 0 unspecified atom stereocenters. The van der Waals surface area contributed by atoms with Gasteiger partial charge in [0.2, 0.25) is 0 Å². The Kier molecular flexibility index (Phi) is 6.58. The summed E-state index contributed by atoms with van der Waals surface area (Å²) in [5, 5.41) is 2.85. The van der Waals surface area contributed by atoms with Crippen molar-refractivity contribution in [2.24, 2.45) is 0 Å². The fraction of sp³-hybridized carbons (Fsp3) is 0.174. The number of hydrogen-bond acceptors (Lipinski definition) is 4. The van der Waals surface area contributed by atoms with Gasteiger partial charge in [0.1, 0.15) is 11.4 Å². The highest BCUT2D eigenvalue weighted by molar-refractivity contribution is 5.98. The van der Waals surface area contributed by atoms with Crippen molar-refractivity contribution in [2.45, 2.75) is 13.1 Å². The van der Waals surface area contributed by atoms with Crippen molar-refractivity contribution < 1.29 is 14.3 Å². The number of nitrogens with zero attached hydrogens (tertiary/aromatic N) is 2. The summed E-state index contributed by atoms with van der Waals surface area (Å²) in [6, 6.07) is 20.3. The van der Waals surface area contributed by atoms with Crippen LogP contribution in [0.25, 0.3) is 0 Å². The fourth-order valence-electron chi connectivity index (χ4n) is 2.94. The van der Waals surface area contributed by atoms with Crippen molar-refractivity contribution in [3.8, 4) is 5.75 Å². The molecule has 0 atom stereocenters. The Morgan fingerprint density at radius 1 is 1.03 bits per heavy atom. The monoisotopic (exact) mass is 389 g/mol. The van der Waals surface area contributed by atoms with Crippen LogP contribution in [-0.2, 0) is 13.1 Å². The first-order chi connectivity index (χ1) is 14.1. The molecule has 0 aliphatic rings. The number of methoxy groups -OCH3 is 1. The Morgan fingerprint density at radius 3 is 2.52 bits per heavy atom. The molecule has 0 spiro atoms. The average molecular weight is 389 g/mol. The van der Waals surface area contributed by atoms with Crippen LogP contribution < -0.4 is 10.1 Å². The molecule has 6 nitrogen and oxygen atoms in total.